The number of piperazine rings is 1. The molecule has 3 aromatic rings. The molecule has 0 saturated carbocycles. The standard InChI is InChI=1S/C24H28N4O3/c1-30-22-9-8-19(14-23(22)31-2)15-24(29)27-12-10-26(11-13-27)17-20-16-25-28(18-20)21-6-4-3-5-7-21/h3-9,14,16,18H,10-13,15,17H2,1-2H3. The third-order valence-corrected chi connectivity index (χ3v) is 5.59. The molecule has 0 radical (unpaired) electrons. The number of nitrogens with zero attached hydrogens (tertiary/aromatic N) is 4. The van der Waals surface area contributed by atoms with E-state index in [4.69, 9.17) is 9.47 Å². The molecular weight excluding hydrogens is 392 g/mol. The molecule has 7 nitrogen and oxygen atoms in total. The summed E-state index contributed by atoms with van der Waals surface area (Å²) >= 11 is 0. The van der Waals surface area contributed by atoms with Crippen LogP contribution in [0.5, 0.6) is 11.5 Å². The highest BCUT2D eigenvalue weighted by molar-refractivity contribution is 5.79. The molecule has 1 aliphatic heterocycles. The quantitative estimate of drug-likeness (QED) is 0.588. The van der Waals surface area contributed by atoms with Crippen molar-refractivity contribution in [1.29, 1.82) is 0 Å². The van der Waals surface area contributed by atoms with E-state index in [0.717, 1.165) is 44.0 Å². The summed E-state index contributed by atoms with van der Waals surface area (Å²) in [7, 11) is 3.21. The van der Waals surface area contributed by atoms with Crippen molar-refractivity contribution in [3.63, 3.8) is 0 Å². The zero-order valence-corrected chi connectivity index (χ0v) is 18.0. The average Bonchev–Trinajstić information content (AvgIpc) is 3.28. The third kappa shape index (κ3) is 5.06. The molecule has 1 fully saturated rings. The van der Waals surface area contributed by atoms with E-state index >= 15 is 0 Å². The van der Waals surface area contributed by atoms with Crippen molar-refractivity contribution in [3.8, 4) is 17.2 Å². The number of ether oxygens (including phenoxy) is 2. The SMILES string of the molecule is COc1ccc(CC(=O)N2CCN(Cc3cnn(-c4ccccc4)c3)CC2)cc1OC. The fraction of sp³-hybridized carbons (Fsp3) is 0.333. The number of aromatic nitrogens is 2. The Morgan fingerprint density at radius 3 is 2.39 bits per heavy atom. The lowest BCUT2D eigenvalue weighted by Crippen LogP contribution is -2.48. The number of rotatable bonds is 7. The summed E-state index contributed by atoms with van der Waals surface area (Å²) in [5, 5.41) is 4.47. The number of hydrogen-bond donors (Lipinski definition) is 0. The molecule has 7 heteroatoms. The van der Waals surface area contributed by atoms with Gasteiger partial charge in [-0.15, -0.1) is 0 Å². The first kappa shape index (κ1) is 20.9. The second kappa shape index (κ2) is 9.66. The van der Waals surface area contributed by atoms with Crippen LogP contribution in [0.4, 0.5) is 0 Å². The lowest BCUT2D eigenvalue weighted by atomic mass is 10.1. The molecule has 0 bridgehead atoms. The maximum absolute atomic E-state index is 12.8. The zero-order chi connectivity index (χ0) is 21.6. The van der Waals surface area contributed by atoms with Crippen molar-refractivity contribution in [2.24, 2.45) is 0 Å². The van der Waals surface area contributed by atoms with Crippen molar-refractivity contribution in [3.05, 3.63) is 72.1 Å². The summed E-state index contributed by atoms with van der Waals surface area (Å²) in [6.07, 6.45) is 4.36. The topological polar surface area (TPSA) is 59.8 Å². The molecule has 2 aromatic carbocycles. The second-order valence-corrected chi connectivity index (χ2v) is 7.65. The monoisotopic (exact) mass is 420 g/mol. The maximum Gasteiger partial charge on any atom is 0.227 e. The number of benzene rings is 2. The average molecular weight is 421 g/mol. The van der Waals surface area contributed by atoms with Crippen LogP contribution >= 0.6 is 0 Å². The first-order valence-corrected chi connectivity index (χ1v) is 10.5. The molecule has 1 saturated heterocycles. The third-order valence-electron chi connectivity index (χ3n) is 5.59. The van der Waals surface area contributed by atoms with Gasteiger partial charge in [-0.2, -0.15) is 5.10 Å². The number of methoxy groups -OCH3 is 2. The molecule has 31 heavy (non-hydrogen) atoms. The van der Waals surface area contributed by atoms with Crippen LogP contribution in [0.15, 0.2) is 60.9 Å². The molecule has 0 aliphatic carbocycles. The van der Waals surface area contributed by atoms with Gasteiger partial charge in [0.15, 0.2) is 11.5 Å². The fourth-order valence-corrected chi connectivity index (χ4v) is 3.85. The van der Waals surface area contributed by atoms with Gasteiger partial charge in [0.1, 0.15) is 0 Å². The van der Waals surface area contributed by atoms with Gasteiger partial charge in [-0.25, -0.2) is 4.68 Å². The number of carbonyl (C=O) groups excluding carboxylic acids is 1. The molecule has 162 valence electrons. The highest BCUT2D eigenvalue weighted by Crippen LogP contribution is 2.28. The van der Waals surface area contributed by atoms with Crippen molar-refractivity contribution >= 4 is 5.91 Å². The number of carbonyl (C=O) groups is 1. The molecule has 0 spiro atoms. The van der Waals surface area contributed by atoms with Gasteiger partial charge in [-0.05, 0) is 29.8 Å². The van der Waals surface area contributed by atoms with Crippen LogP contribution in [0.1, 0.15) is 11.1 Å². The van der Waals surface area contributed by atoms with Crippen LogP contribution in [0.2, 0.25) is 0 Å². The molecule has 0 unspecified atom stereocenters. The van der Waals surface area contributed by atoms with Crippen molar-refractivity contribution < 1.29 is 14.3 Å². The van der Waals surface area contributed by atoms with Crippen LogP contribution in [0, 0.1) is 0 Å². The smallest absolute Gasteiger partial charge is 0.227 e. The van der Waals surface area contributed by atoms with E-state index in [2.05, 4.69) is 16.2 Å². The predicted molar refractivity (Wildman–Crippen MR) is 119 cm³/mol. The van der Waals surface area contributed by atoms with Crippen LogP contribution in [-0.2, 0) is 17.8 Å². The first-order valence-electron chi connectivity index (χ1n) is 10.5. The van der Waals surface area contributed by atoms with Crippen LogP contribution in [-0.4, -0.2) is 65.9 Å². The molecule has 1 aromatic heterocycles. The van der Waals surface area contributed by atoms with Crippen LogP contribution < -0.4 is 9.47 Å². The normalized spacial score (nSPS) is 14.5. The van der Waals surface area contributed by atoms with Gasteiger partial charge in [0.2, 0.25) is 5.91 Å². The lowest BCUT2D eigenvalue weighted by Gasteiger charge is -2.34. The Kier molecular flexibility index (Phi) is 6.52. The number of amides is 1. The number of hydrogen-bond acceptors (Lipinski definition) is 5. The Hall–Kier alpha value is -3.32. The molecule has 1 aliphatic rings. The fourth-order valence-electron chi connectivity index (χ4n) is 3.85. The Balaban J connectivity index is 1.29. The summed E-state index contributed by atoms with van der Waals surface area (Å²) in [5.41, 5.74) is 3.16. The molecule has 1 amide bonds. The van der Waals surface area contributed by atoms with E-state index in [0.29, 0.717) is 17.9 Å². The first-order chi connectivity index (χ1) is 15.2. The van der Waals surface area contributed by atoms with Gasteiger partial charge < -0.3 is 14.4 Å². The Morgan fingerprint density at radius 2 is 1.68 bits per heavy atom. The van der Waals surface area contributed by atoms with Gasteiger partial charge in [0, 0.05) is 44.5 Å². The highest BCUT2D eigenvalue weighted by Gasteiger charge is 2.22. The van der Waals surface area contributed by atoms with E-state index in [1.54, 1.807) is 14.2 Å². The summed E-state index contributed by atoms with van der Waals surface area (Å²) in [6, 6.07) is 15.7. The summed E-state index contributed by atoms with van der Waals surface area (Å²) in [4.78, 5) is 17.1. The summed E-state index contributed by atoms with van der Waals surface area (Å²) in [5.74, 6) is 1.46. The Labute approximate surface area is 182 Å². The molecule has 0 N–H and O–H groups in total. The van der Waals surface area contributed by atoms with Crippen molar-refractivity contribution in [2.45, 2.75) is 13.0 Å². The van der Waals surface area contributed by atoms with Gasteiger partial charge in [-0.3, -0.25) is 9.69 Å². The highest BCUT2D eigenvalue weighted by atomic mass is 16.5. The van der Waals surface area contributed by atoms with E-state index in [1.807, 2.05) is 64.3 Å². The van der Waals surface area contributed by atoms with Crippen molar-refractivity contribution in [1.82, 2.24) is 19.6 Å². The van der Waals surface area contributed by atoms with Gasteiger partial charge >= 0.3 is 0 Å². The van der Waals surface area contributed by atoms with E-state index in [9.17, 15) is 4.79 Å². The van der Waals surface area contributed by atoms with Crippen LogP contribution in [0.3, 0.4) is 0 Å². The Bertz CT molecular complexity index is 1010. The predicted octanol–water partition coefficient (Wildman–Crippen LogP) is 2.78. The molecular formula is C24H28N4O3. The summed E-state index contributed by atoms with van der Waals surface area (Å²) < 4.78 is 12.5. The maximum atomic E-state index is 12.8. The van der Waals surface area contributed by atoms with Gasteiger partial charge in [0.05, 0.1) is 32.5 Å². The molecule has 2 heterocycles. The summed E-state index contributed by atoms with van der Waals surface area (Å²) in [6.45, 7) is 4.02. The minimum atomic E-state index is 0.142. The Morgan fingerprint density at radius 1 is 0.935 bits per heavy atom. The largest absolute Gasteiger partial charge is 0.493 e. The van der Waals surface area contributed by atoms with Crippen molar-refractivity contribution in [2.75, 3.05) is 40.4 Å². The van der Waals surface area contributed by atoms with E-state index < -0.39 is 0 Å². The van der Waals surface area contributed by atoms with Crippen LogP contribution in [0.25, 0.3) is 5.69 Å². The molecule has 0 atom stereocenters. The molecule has 4 rings (SSSR count). The number of para-hydroxylation sites is 1. The van der Waals surface area contributed by atoms with Gasteiger partial charge in [-0.1, -0.05) is 24.3 Å². The van der Waals surface area contributed by atoms with Gasteiger partial charge in [0.25, 0.3) is 0 Å². The zero-order valence-electron chi connectivity index (χ0n) is 18.0. The minimum Gasteiger partial charge on any atom is -0.493 e. The lowest BCUT2D eigenvalue weighted by molar-refractivity contribution is -0.132. The minimum absolute atomic E-state index is 0.142. The van der Waals surface area contributed by atoms with E-state index in [1.165, 1.54) is 5.56 Å². The second-order valence-electron chi connectivity index (χ2n) is 7.65. The van der Waals surface area contributed by atoms with E-state index in [-0.39, 0.29) is 5.91 Å².